The average molecular weight is 461 g/mol. The van der Waals surface area contributed by atoms with Crippen molar-refractivity contribution in [2.75, 3.05) is 0 Å². The topological polar surface area (TPSA) is 9.23 Å². The molecule has 168 valence electrons. The maximum atomic E-state index is 6.77. The number of rotatable bonds is 3. The van der Waals surface area contributed by atoms with Gasteiger partial charge in [-0.25, -0.2) is 0 Å². The van der Waals surface area contributed by atoms with Crippen molar-refractivity contribution >= 4 is 34.8 Å². The SMILES string of the molecule is CC(C)(C)[P@]1c2c(cccc2-c2c3ccccc3cc3ccccc23)O[C@@H]1Cc1ccccc1. The lowest BCUT2D eigenvalue weighted by atomic mass is 9.92. The minimum absolute atomic E-state index is 0.122. The van der Waals surface area contributed by atoms with Crippen molar-refractivity contribution in [1.82, 2.24) is 0 Å². The largest absolute Gasteiger partial charge is 0.485 e. The molecule has 1 aliphatic heterocycles. The fourth-order valence-corrected chi connectivity index (χ4v) is 8.68. The minimum atomic E-state index is -0.567. The summed E-state index contributed by atoms with van der Waals surface area (Å²) in [4.78, 5) is 0. The Morgan fingerprint density at radius 2 is 1.32 bits per heavy atom. The summed E-state index contributed by atoms with van der Waals surface area (Å²) in [5.74, 6) is 1.24. The Hall–Kier alpha value is -3.15. The number of hydrogen-bond donors (Lipinski definition) is 0. The summed E-state index contributed by atoms with van der Waals surface area (Å²) in [7, 11) is -0.567. The van der Waals surface area contributed by atoms with E-state index in [1.807, 2.05) is 0 Å². The van der Waals surface area contributed by atoms with E-state index in [0.29, 0.717) is 0 Å². The number of hydrogen-bond acceptors (Lipinski definition) is 1. The van der Waals surface area contributed by atoms with Gasteiger partial charge in [-0.1, -0.05) is 112 Å². The van der Waals surface area contributed by atoms with Crippen molar-refractivity contribution in [1.29, 1.82) is 0 Å². The quantitative estimate of drug-likeness (QED) is 0.194. The lowest BCUT2D eigenvalue weighted by Gasteiger charge is -2.33. The summed E-state index contributed by atoms with van der Waals surface area (Å²) in [6, 6.07) is 37.4. The van der Waals surface area contributed by atoms with Crippen molar-refractivity contribution in [3.63, 3.8) is 0 Å². The van der Waals surface area contributed by atoms with Crippen molar-refractivity contribution in [2.24, 2.45) is 0 Å². The molecule has 0 amide bonds. The normalized spacial score (nSPS) is 17.6. The van der Waals surface area contributed by atoms with Gasteiger partial charge in [-0.05, 0) is 63.4 Å². The molecule has 1 nitrogen and oxygen atoms in total. The smallest absolute Gasteiger partial charge is 0.128 e. The average Bonchev–Trinajstić information content (AvgIpc) is 3.22. The van der Waals surface area contributed by atoms with Gasteiger partial charge in [0.05, 0.1) is 0 Å². The van der Waals surface area contributed by atoms with Crippen molar-refractivity contribution in [3.05, 3.63) is 109 Å². The summed E-state index contributed by atoms with van der Waals surface area (Å²) < 4.78 is 6.77. The van der Waals surface area contributed by atoms with Crippen LogP contribution in [0.15, 0.2) is 103 Å². The molecule has 0 fully saturated rings. The molecule has 0 aromatic heterocycles. The molecule has 6 rings (SSSR count). The van der Waals surface area contributed by atoms with Gasteiger partial charge in [-0.15, -0.1) is 0 Å². The van der Waals surface area contributed by atoms with Crippen LogP contribution in [0.2, 0.25) is 0 Å². The third-order valence-electron chi connectivity index (χ3n) is 6.81. The molecule has 0 bridgehead atoms. The standard InChI is InChI=1S/C32H29OP/c1-32(2,3)34-29(20-22-12-5-4-6-13-22)33-28-19-11-18-27(31(28)34)30-25-16-9-7-14-23(25)21-24-15-8-10-17-26(24)30/h4-19,21,29H,20H2,1-3H3/t29-,34-/m0/s1. The third kappa shape index (κ3) is 3.60. The Kier molecular flexibility index (Phi) is 5.19. The highest BCUT2D eigenvalue weighted by molar-refractivity contribution is 7.68. The molecular formula is C32H29OP. The molecule has 2 heteroatoms. The Balaban J connectivity index is 1.60. The van der Waals surface area contributed by atoms with E-state index in [1.54, 1.807) is 0 Å². The van der Waals surface area contributed by atoms with Crippen LogP contribution in [0.1, 0.15) is 26.3 Å². The van der Waals surface area contributed by atoms with Crippen LogP contribution in [-0.2, 0) is 6.42 Å². The number of ether oxygens (including phenoxy) is 1. The summed E-state index contributed by atoms with van der Waals surface area (Å²) in [5, 5.41) is 6.74. The van der Waals surface area contributed by atoms with Gasteiger partial charge in [-0.3, -0.25) is 0 Å². The van der Waals surface area contributed by atoms with E-state index >= 15 is 0 Å². The van der Waals surface area contributed by atoms with E-state index in [1.165, 1.54) is 43.5 Å². The Labute approximate surface area is 203 Å². The zero-order valence-corrected chi connectivity index (χ0v) is 20.8. The maximum Gasteiger partial charge on any atom is 0.128 e. The van der Waals surface area contributed by atoms with Crippen LogP contribution >= 0.6 is 7.92 Å². The monoisotopic (exact) mass is 460 g/mol. The highest BCUT2D eigenvalue weighted by Gasteiger charge is 2.43. The molecule has 34 heavy (non-hydrogen) atoms. The van der Waals surface area contributed by atoms with E-state index < -0.39 is 7.92 Å². The summed E-state index contributed by atoms with van der Waals surface area (Å²) in [5.41, 5.74) is 4.02. The first-order valence-electron chi connectivity index (χ1n) is 12.0. The fourth-order valence-electron chi connectivity index (χ4n) is 5.43. The van der Waals surface area contributed by atoms with E-state index in [0.717, 1.165) is 12.2 Å². The van der Waals surface area contributed by atoms with Crippen LogP contribution in [0.3, 0.4) is 0 Å². The molecule has 2 atom stereocenters. The zero-order chi connectivity index (χ0) is 23.3. The predicted octanol–water partition coefficient (Wildman–Crippen LogP) is 8.53. The van der Waals surface area contributed by atoms with E-state index in [-0.39, 0.29) is 11.0 Å². The van der Waals surface area contributed by atoms with E-state index in [9.17, 15) is 0 Å². The molecule has 0 radical (unpaired) electrons. The summed E-state index contributed by atoms with van der Waals surface area (Å²) >= 11 is 0. The summed E-state index contributed by atoms with van der Waals surface area (Å²) in [6.45, 7) is 7.15. The van der Waals surface area contributed by atoms with Crippen molar-refractivity contribution < 1.29 is 4.74 Å². The maximum absolute atomic E-state index is 6.77. The third-order valence-corrected chi connectivity index (χ3v) is 10.1. The molecule has 5 aromatic rings. The second-order valence-electron chi connectivity index (χ2n) is 10.1. The molecule has 0 spiro atoms. The van der Waals surface area contributed by atoms with Gasteiger partial charge >= 0.3 is 0 Å². The van der Waals surface area contributed by atoms with Crippen LogP contribution < -0.4 is 10.0 Å². The lowest BCUT2D eigenvalue weighted by Crippen LogP contribution is -2.26. The Morgan fingerprint density at radius 3 is 1.97 bits per heavy atom. The van der Waals surface area contributed by atoms with Crippen molar-refractivity contribution in [2.45, 2.75) is 38.2 Å². The molecule has 5 aromatic carbocycles. The van der Waals surface area contributed by atoms with Gasteiger partial charge in [0.15, 0.2) is 0 Å². The molecule has 0 unspecified atom stereocenters. The van der Waals surface area contributed by atoms with Gasteiger partial charge in [0.25, 0.3) is 0 Å². The summed E-state index contributed by atoms with van der Waals surface area (Å²) in [6.07, 6.45) is 0.939. The van der Waals surface area contributed by atoms with Crippen LogP contribution in [0.4, 0.5) is 0 Å². The van der Waals surface area contributed by atoms with Gasteiger partial charge in [-0.2, -0.15) is 0 Å². The number of fused-ring (bicyclic) bond motifs is 3. The highest BCUT2D eigenvalue weighted by atomic mass is 31.1. The molecule has 0 N–H and O–H groups in total. The molecule has 1 heterocycles. The second kappa shape index (κ2) is 8.26. The molecule has 0 saturated heterocycles. The zero-order valence-electron chi connectivity index (χ0n) is 20.0. The van der Waals surface area contributed by atoms with E-state index in [4.69, 9.17) is 4.74 Å². The first-order valence-corrected chi connectivity index (χ1v) is 13.5. The Bertz CT molecular complexity index is 1440. The van der Waals surface area contributed by atoms with Crippen LogP contribution in [0, 0.1) is 0 Å². The van der Waals surface area contributed by atoms with Gasteiger partial charge in [0.1, 0.15) is 11.6 Å². The number of benzene rings is 5. The van der Waals surface area contributed by atoms with Gasteiger partial charge in [0.2, 0.25) is 0 Å². The first kappa shape index (κ1) is 21.4. The van der Waals surface area contributed by atoms with Crippen LogP contribution in [0.5, 0.6) is 5.75 Å². The Morgan fingerprint density at radius 1 is 0.706 bits per heavy atom. The van der Waals surface area contributed by atoms with Gasteiger partial charge < -0.3 is 4.74 Å². The predicted molar refractivity (Wildman–Crippen MR) is 148 cm³/mol. The molecule has 0 aliphatic carbocycles. The molecule has 0 saturated carbocycles. The first-order chi connectivity index (χ1) is 16.5. The minimum Gasteiger partial charge on any atom is -0.485 e. The lowest BCUT2D eigenvalue weighted by molar-refractivity contribution is 0.293. The highest BCUT2D eigenvalue weighted by Crippen LogP contribution is 2.61. The van der Waals surface area contributed by atoms with Gasteiger partial charge in [0, 0.05) is 11.7 Å². The van der Waals surface area contributed by atoms with Crippen LogP contribution in [-0.4, -0.2) is 11.0 Å². The van der Waals surface area contributed by atoms with E-state index in [2.05, 4.69) is 124 Å². The van der Waals surface area contributed by atoms with Crippen LogP contribution in [0.25, 0.3) is 32.7 Å². The van der Waals surface area contributed by atoms with Crippen molar-refractivity contribution in [3.8, 4) is 16.9 Å². The second-order valence-corrected chi connectivity index (χ2v) is 13.3. The molecule has 1 aliphatic rings. The molecular weight excluding hydrogens is 431 g/mol. The fraction of sp³-hybridized carbons (Fsp3) is 0.188.